The van der Waals surface area contributed by atoms with Crippen LogP contribution in [0.5, 0.6) is 0 Å². The Balaban J connectivity index is 1.19. The van der Waals surface area contributed by atoms with Gasteiger partial charge in [0.25, 0.3) is 5.91 Å². The summed E-state index contributed by atoms with van der Waals surface area (Å²) in [6.07, 6.45) is 9.03. The van der Waals surface area contributed by atoms with Crippen molar-refractivity contribution in [3.8, 4) is 0 Å². The van der Waals surface area contributed by atoms with Crippen LogP contribution in [-0.4, -0.2) is 24.0 Å². The van der Waals surface area contributed by atoms with Gasteiger partial charge in [0.05, 0.1) is 5.41 Å². The maximum absolute atomic E-state index is 12.6. The van der Waals surface area contributed by atoms with Gasteiger partial charge in [-0.2, -0.15) is 0 Å². The molecule has 1 N–H and O–H groups in total. The Hall–Kier alpha value is -1.84. The number of amides is 1. The first-order valence-corrected chi connectivity index (χ1v) is 10.1. The second kappa shape index (κ2) is 5.83. The lowest BCUT2D eigenvalue weighted by atomic mass is 9.53. The molecule has 26 heavy (non-hydrogen) atoms. The van der Waals surface area contributed by atoms with Crippen molar-refractivity contribution in [2.75, 3.05) is 6.61 Å². The van der Waals surface area contributed by atoms with Crippen LogP contribution in [0.4, 0.5) is 0 Å². The van der Waals surface area contributed by atoms with E-state index in [1.165, 1.54) is 19.3 Å². The molecule has 6 rings (SSSR count). The second-order valence-electron chi connectivity index (χ2n) is 9.27. The third-order valence-corrected chi connectivity index (χ3v) is 7.24. The molecule has 5 saturated carbocycles. The van der Waals surface area contributed by atoms with Gasteiger partial charge in [-0.05, 0) is 74.7 Å². The number of carbonyl (C=O) groups is 2. The van der Waals surface area contributed by atoms with E-state index in [1.54, 1.807) is 0 Å². The molecule has 1 aromatic rings. The summed E-state index contributed by atoms with van der Waals surface area (Å²) in [6, 6.07) is 9.79. The standard InChI is InChI=1S/C22H27NO3/c24-19(23-21-11-15-8-16(12-21)10-17(9-15)13-21)14-26-20(25)22(6-7-22)18-4-2-1-3-5-18/h1-5,15-17H,6-14H2,(H,23,24). The average Bonchev–Trinajstić information content (AvgIpc) is 3.41. The smallest absolute Gasteiger partial charge is 0.317 e. The zero-order valence-corrected chi connectivity index (χ0v) is 15.2. The predicted molar refractivity (Wildman–Crippen MR) is 97.4 cm³/mol. The van der Waals surface area contributed by atoms with Crippen molar-refractivity contribution in [3.05, 3.63) is 35.9 Å². The summed E-state index contributed by atoms with van der Waals surface area (Å²) in [5.74, 6) is 2.00. The van der Waals surface area contributed by atoms with Crippen molar-refractivity contribution >= 4 is 11.9 Å². The summed E-state index contributed by atoms with van der Waals surface area (Å²) in [4.78, 5) is 25.1. The SMILES string of the molecule is O=C(COC(=O)C1(c2ccccc2)CC1)NC12CC3CC(CC(C3)C1)C2. The maximum atomic E-state index is 12.6. The fourth-order valence-corrected chi connectivity index (χ4v) is 6.36. The van der Waals surface area contributed by atoms with Gasteiger partial charge in [0.1, 0.15) is 0 Å². The minimum atomic E-state index is -0.512. The van der Waals surface area contributed by atoms with Gasteiger partial charge in [0.15, 0.2) is 6.61 Å². The van der Waals surface area contributed by atoms with Crippen molar-refractivity contribution in [1.29, 1.82) is 0 Å². The first-order chi connectivity index (χ1) is 12.6. The van der Waals surface area contributed by atoms with Gasteiger partial charge in [0.2, 0.25) is 0 Å². The Morgan fingerprint density at radius 2 is 1.54 bits per heavy atom. The van der Waals surface area contributed by atoms with Crippen LogP contribution in [0.2, 0.25) is 0 Å². The van der Waals surface area contributed by atoms with Crippen molar-refractivity contribution in [1.82, 2.24) is 5.32 Å². The third kappa shape index (κ3) is 2.74. The highest BCUT2D eigenvalue weighted by molar-refractivity contribution is 5.89. The van der Waals surface area contributed by atoms with E-state index in [9.17, 15) is 9.59 Å². The normalized spacial score (nSPS) is 35.8. The molecule has 138 valence electrons. The summed E-state index contributed by atoms with van der Waals surface area (Å²) in [5.41, 5.74) is 0.475. The van der Waals surface area contributed by atoms with Crippen LogP contribution in [0.15, 0.2) is 30.3 Å². The molecule has 0 atom stereocenters. The van der Waals surface area contributed by atoms with Crippen molar-refractivity contribution in [2.45, 2.75) is 62.3 Å². The fraction of sp³-hybridized carbons (Fsp3) is 0.636. The summed E-state index contributed by atoms with van der Waals surface area (Å²) >= 11 is 0. The Bertz CT molecular complexity index is 687. The number of ether oxygens (including phenoxy) is 1. The van der Waals surface area contributed by atoms with E-state index < -0.39 is 5.41 Å². The molecule has 0 aromatic heterocycles. The lowest BCUT2D eigenvalue weighted by Crippen LogP contribution is -2.60. The quantitative estimate of drug-likeness (QED) is 0.826. The van der Waals surface area contributed by atoms with E-state index in [-0.39, 0.29) is 24.0 Å². The fourth-order valence-electron chi connectivity index (χ4n) is 6.36. The summed E-state index contributed by atoms with van der Waals surface area (Å²) < 4.78 is 5.45. The molecule has 0 aliphatic heterocycles. The highest BCUT2D eigenvalue weighted by Gasteiger charge is 2.53. The minimum absolute atomic E-state index is 0.0189. The molecule has 4 nitrogen and oxygen atoms in total. The van der Waals surface area contributed by atoms with Gasteiger partial charge in [-0.3, -0.25) is 9.59 Å². The minimum Gasteiger partial charge on any atom is -0.455 e. The number of nitrogens with one attached hydrogen (secondary N) is 1. The molecule has 4 heteroatoms. The van der Waals surface area contributed by atoms with Crippen LogP contribution < -0.4 is 5.32 Å². The molecule has 0 unspecified atom stereocenters. The van der Waals surface area contributed by atoms with Crippen molar-refractivity contribution in [2.24, 2.45) is 17.8 Å². The Morgan fingerprint density at radius 1 is 0.962 bits per heavy atom. The van der Waals surface area contributed by atoms with Crippen molar-refractivity contribution < 1.29 is 14.3 Å². The molecule has 5 aliphatic rings. The van der Waals surface area contributed by atoms with E-state index in [2.05, 4.69) is 5.32 Å². The molecule has 5 fully saturated rings. The second-order valence-corrected chi connectivity index (χ2v) is 9.27. The molecule has 1 amide bonds. The first-order valence-electron chi connectivity index (χ1n) is 10.1. The molecule has 5 aliphatic carbocycles. The number of hydrogen-bond acceptors (Lipinski definition) is 3. The topological polar surface area (TPSA) is 55.4 Å². The van der Waals surface area contributed by atoms with Gasteiger partial charge < -0.3 is 10.1 Å². The zero-order chi connectivity index (χ0) is 17.8. The summed E-state index contributed by atoms with van der Waals surface area (Å²) in [5, 5.41) is 3.28. The van der Waals surface area contributed by atoms with E-state index in [1.807, 2.05) is 30.3 Å². The lowest BCUT2D eigenvalue weighted by Gasteiger charge is -2.56. The van der Waals surface area contributed by atoms with Crippen LogP contribution in [-0.2, 0) is 19.7 Å². The lowest BCUT2D eigenvalue weighted by molar-refractivity contribution is -0.152. The molecule has 0 spiro atoms. The Labute approximate surface area is 154 Å². The Morgan fingerprint density at radius 3 is 2.08 bits per heavy atom. The van der Waals surface area contributed by atoms with Crippen LogP contribution in [0.25, 0.3) is 0 Å². The largest absolute Gasteiger partial charge is 0.455 e. The molecule has 1 aromatic carbocycles. The number of benzene rings is 1. The van der Waals surface area contributed by atoms with Gasteiger partial charge in [0, 0.05) is 5.54 Å². The third-order valence-electron chi connectivity index (χ3n) is 7.24. The summed E-state index contributed by atoms with van der Waals surface area (Å²) in [6.45, 7) is -0.144. The molecule has 4 bridgehead atoms. The molecule has 0 radical (unpaired) electrons. The van der Waals surface area contributed by atoms with E-state index in [4.69, 9.17) is 4.74 Å². The number of rotatable bonds is 5. The average molecular weight is 353 g/mol. The molecule has 0 heterocycles. The van der Waals surface area contributed by atoms with Crippen molar-refractivity contribution in [3.63, 3.8) is 0 Å². The predicted octanol–water partition coefficient (Wildman–Crippen LogP) is 3.35. The summed E-state index contributed by atoms with van der Waals surface area (Å²) in [7, 11) is 0. The molecular formula is C22H27NO3. The number of hydrogen-bond donors (Lipinski definition) is 1. The van der Waals surface area contributed by atoms with Crippen LogP contribution in [0.1, 0.15) is 56.9 Å². The van der Waals surface area contributed by atoms with Gasteiger partial charge in [-0.1, -0.05) is 30.3 Å². The highest BCUT2D eigenvalue weighted by Crippen LogP contribution is 2.55. The van der Waals surface area contributed by atoms with Gasteiger partial charge >= 0.3 is 5.97 Å². The first kappa shape index (κ1) is 16.3. The van der Waals surface area contributed by atoms with Gasteiger partial charge in [-0.25, -0.2) is 0 Å². The number of esters is 1. The highest BCUT2D eigenvalue weighted by atomic mass is 16.5. The molecule has 0 saturated heterocycles. The maximum Gasteiger partial charge on any atom is 0.317 e. The van der Waals surface area contributed by atoms with Crippen LogP contribution in [0, 0.1) is 17.8 Å². The van der Waals surface area contributed by atoms with E-state index in [0.29, 0.717) is 0 Å². The van der Waals surface area contributed by atoms with Crippen LogP contribution >= 0.6 is 0 Å². The number of carbonyl (C=O) groups excluding carboxylic acids is 2. The molecular weight excluding hydrogens is 326 g/mol. The Kier molecular flexibility index (Phi) is 3.67. The zero-order valence-electron chi connectivity index (χ0n) is 15.2. The van der Waals surface area contributed by atoms with Crippen LogP contribution in [0.3, 0.4) is 0 Å². The van der Waals surface area contributed by atoms with E-state index in [0.717, 1.165) is 55.4 Å². The van der Waals surface area contributed by atoms with Gasteiger partial charge in [-0.15, -0.1) is 0 Å². The van der Waals surface area contributed by atoms with E-state index >= 15 is 0 Å². The monoisotopic (exact) mass is 353 g/mol.